The summed E-state index contributed by atoms with van der Waals surface area (Å²) in [5.41, 5.74) is 6.88. The normalized spacial score (nSPS) is 12.5. The summed E-state index contributed by atoms with van der Waals surface area (Å²) in [6, 6.07) is 124. The molecule has 20 heteroatoms. The monoisotopic (exact) mass is 2050 g/mol. The summed E-state index contributed by atoms with van der Waals surface area (Å²) in [5.74, 6) is 1.07. The van der Waals surface area contributed by atoms with E-state index < -0.39 is 77.4 Å². The summed E-state index contributed by atoms with van der Waals surface area (Å²) in [7, 11) is -8.66. The molecule has 0 bridgehead atoms. The second-order valence-corrected chi connectivity index (χ2v) is 47.6. The number of benzene rings is 20. The van der Waals surface area contributed by atoms with E-state index in [2.05, 4.69) is 267 Å². The average Bonchev–Trinajstić information content (AvgIpc) is 1.52. The van der Waals surface area contributed by atoms with Gasteiger partial charge in [0.05, 0.1) is 12.8 Å². The Balaban J connectivity index is 0.589. The summed E-state index contributed by atoms with van der Waals surface area (Å²) >= 11 is 0. The van der Waals surface area contributed by atoms with Gasteiger partial charge in [-0.2, -0.15) is 0 Å². The first-order valence-corrected chi connectivity index (χ1v) is 55.2. The standard InChI is InChI=1S/C130H110O16P4/c1-125(2,3)99-73-87(55-67-103(99)135-147-139-107-59-47-79-31-15-23-39-91(79)117(107)118-92-40-24-16-32-80(92)48-60-108(118)140-147)129(13,88-56-68-104(100(74-88)126(4,5)6)136-148-141-109-61-49-81-33-17-25-41-93(81)119(109)120-94-42-26-18-34-82(94)50-62-110(120)142-148)77-115(131)133-71-72-134-116(132)78-130(14,89-57-69-105(101(75-89)127(7,8)9)137-149-143-111-63-51-83-35-19-27-43-95(83)121(111)122-96-44-28-20-36-84(96)52-64-112(122)144-149)90-58-70-106(102(76-90)128(10,11)12)138-150-145-113-65-53-85-37-21-29-45-97(85)123(113)124-98-46-30-22-38-86(98)54-66-114(124)146-150/h15-70,73-76H,71-72,77-78H2,1-14H3. The number of hydrogen-bond donors (Lipinski definition) is 0. The lowest BCUT2D eigenvalue weighted by Gasteiger charge is -2.34. The lowest BCUT2D eigenvalue weighted by molar-refractivity contribution is -0.153. The third kappa shape index (κ3) is 17.8. The molecule has 0 fully saturated rings. The first-order chi connectivity index (χ1) is 72.4. The van der Waals surface area contributed by atoms with Crippen molar-refractivity contribution >= 4 is 219 Å². The average molecular weight is 2050 g/mol. The van der Waals surface area contributed by atoms with Crippen LogP contribution < -0.4 is 18.1 Å². The van der Waals surface area contributed by atoms with Gasteiger partial charge in [-0.05, 0) is 203 Å². The van der Waals surface area contributed by atoms with E-state index >= 15 is 9.59 Å². The zero-order valence-corrected chi connectivity index (χ0v) is 89.4. The number of carbonyl (C=O) groups is 2. The molecule has 0 N–H and O–H groups in total. The molecule has 0 saturated heterocycles. The zero-order valence-electron chi connectivity index (χ0n) is 85.8. The fraction of sp³-hybridized carbons (Fsp3) is 0.185. The molecule has 0 radical (unpaired) electrons. The maximum atomic E-state index is 15.7. The molecule has 24 aromatic rings. The highest BCUT2D eigenvalue weighted by Gasteiger charge is 2.40. The number of carbonyl (C=O) groups excluding carboxylic acids is 2. The van der Waals surface area contributed by atoms with Crippen LogP contribution >= 0.6 is 33.0 Å². The molecule has 0 aliphatic heterocycles. The van der Waals surface area contributed by atoms with E-state index in [1.165, 1.54) is 0 Å². The molecule has 4 heterocycles. The Labute approximate surface area is 870 Å². The van der Waals surface area contributed by atoms with Crippen LogP contribution in [-0.4, -0.2) is 25.2 Å². The second-order valence-electron chi connectivity index (χ2n) is 43.6. The summed E-state index contributed by atoms with van der Waals surface area (Å²) in [5, 5.41) is 24.0. The van der Waals surface area contributed by atoms with Crippen molar-refractivity contribution in [1.82, 2.24) is 0 Å². The second kappa shape index (κ2) is 37.8. The van der Waals surface area contributed by atoms with Gasteiger partial charge < -0.3 is 61.1 Å². The van der Waals surface area contributed by atoms with Crippen molar-refractivity contribution in [2.45, 2.75) is 142 Å². The van der Waals surface area contributed by atoms with Crippen molar-refractivity contribution in [1.29, 1.82) is 0 Å². The Morgan fingerprint density at radius 1 is 0.207 bits per heavy atom. The molecule has 0 unspecified atom stereocenters. The minimum atomic E-state index is -2.17. The van der Waals surface area contributed by atoms with E-state index in [1.807, 2.05) is 194 Å². The van der Waals surface area contributed by atoms with Crippen LogP contribution in [-0.2, 0) is 51.6 Å². The van der Waals surface area contributed by atoms with Gasteiger partial charge in [-0.15, -0.1) is 0 Å². The van der Waals surface area contributed by atoms with Crippen LogP contribution in [0.25, 0.3) is 174 Å². The Morgan fingerprint density at radius 2 is 0.367 bits per heavy atom. The quantitative estimate of drug-likeness (QED) is 0.0547. The highest BCUT2D eigenvalue weighted by atomic mass is 31.1. The molecular formula is C130H110O16P4. The van der Waals surface area contributed by atoms with E-state index in [4.69, 9.17) is 61.1 Å². The van der Waals surface area contributed by atoms with Crippen LogP contribution in [0.5, 0.6) is 23.0 Å². The van der Waals surface area contributed by atoms with Gasteiger partial charge in [0.2, 0.25) is 0 Å². The first-order valence-electron chi connectivity index (χ1n) is 50.8. The first kappa shape index (κ1) is 96.4. The predicted molar refractivity (Wildman–Crippen MR) is 614 cm³/mol. The molecular weight excluding hydrogens is 1940 g/mol. The van der Waals surface area contributed by atoms with Crippen molar-refractivity contribution in [2.24, 2.45) is 0 Å². The van der Waals surface area contributed by atoms with Crippen molar-refractivity contribution in [2.75, 3.05) is 13.2 Å². The number of rotatable bonds is 19. The van der Waals surface area contributed by atoms with Crippen molar-refractivity contribution < 1.29 is 70.7 Å². The third-order valence-electron chi connectivity index (χ3n) is 29.5. The van der Waals surface area contributed by atoms with Crippen LogP contribution in [0.15, 0.2) is 398 Å². The molecule has 24 rings (SSSR count). The Morgan fingerprint density at radius 3 is 0.527 bits per heavy atom. The van der Waals surface area contributed by atoms with E-state index in [1.54, 1.807) is 0 Å². The van der Waals surface area contributed by atoms with Crippen LogP contribution in [0.1, 0.15) is 154 Å². The highest BCUT2D eigenvalue weighted by molar-refractivity contribution is 7.33. The van der Waals surface area contributed by atoms with Gasteiger partial charge >= 0.3 is 44.9 Å². The van der Waals surface area contributed by atoms with E-state index in [-0.39, 0.29) is 26.1 Å². The molecule has 0 aliphatic carbocycles. The maximum absolute atomic E-state index is 15.7. The van der Waals surface area contributed by atoms with Gasteiger partial charge in [-0.1, -0.05) is 388 Å². The number of fused-ring (bicyclic) bond motifs is 28. The zero-order chi connectivity index (χ0) is 103. The Hall–Kier alpha value is -15.8. The number of ether oxygens (including phenoxy) is 2. The topological polar surface area (TPSA) is 195 Å². The predicted octanol–water partition coefficient (Wildman–Crippen LogP) is 39.1. The molecule has 0 atom stereocenters. The van der Waals surface area contributed by atoms with Crippen LogP contribution in [0, 0.1) is 0 Å². The molecule has 746 valence electrons. The minimum absolute atomic E-state index is 0.175. The minimum Gasteiger partial charge on any atom is -0.462 e. The van der Waals surface area contributed by atoms with Crippen LogP contribution in [0.2, 0.25) is 0 Å². The molecule has 20 aromatic carbocycles. The van der Waals surface area contributed by atoms with Gasteiger partial charge in [0.15, 0.2) is 0 Å². The molecule has 0 amide bonds. The number of hydrogen-bond acceptors (Lipinski definition) is 16. The van der Waals surface area contributed by atoms with Gasteiger partial charge in [0.25, 0.3) is 0 Å². The van der Waals surface area contributed by atoms with Gasteiger partial charge in [0, 0.05) is 76.2 Å². The van der Waals surface area contributed by atoms with Crippen molar-refractivity contribution in [3.63, 3.8) is 0 Å². The lowest BCUT2D eigenvalue weighted by atomic mass is 9.70. The molecule has 150 heavy (non-hydrogen) atoms. The number of esters is 2. The molecule has 16 nitrogen and oxygen atoms in total. The van der Waals surface area contributed by atoms with E-state index in [9.17, 15) is 0 Å². The van der Waals surface area contributed by atoms with Crippen molar-refractivity contribution in [3.05, 3.63) is 408 Å². The lowest BCUT2D eigenvalue weighted by Crippen LogP contribution is -2.31. The van der Waals surface area contributed by atoms with Gasteiger partial charge in [0.1, 0.15) is 80.9 Å². The summed E-state index contributed by atoms with van der Waals surface area (Å²) in [4.78, 5) is 31.4. The van der Waals surface area contributed by atoms with Crippen LogP contribution in [0.4, 0.5) is 0 Å². The smallest absolute Gasteiger partial charge is 0.453 e. The molecule has 0 aliphatic rings. The Kier molecular flexibility index (Phi) is 24.3. The highest BCUT2D eigenvalue weighted by Crippen LogP contribution is 2.55. The van der Waals surface area contributed by atoms with Gasteiger partial charge in [-0.3, -0.25) is 9.59 Å². The van der Waals surface area contributed by atoms with E-state index in [0.717, 1.165) is 174 Å². The third-order valence-corrected chi connectivity index (χ3v) is 33.7. The van der Waals surface area contributed by atoms with Crippen molar-refractivity contribution in [3.8, 4) is 23.0 Å². The van der Waals surface area contributed by atoms with Crippen LogP contribution in [0.3, 0.4) is 0 Å². The molecule has 0 spiro atoms. The largest absolute Gasteiger partial charge is 0.462 e. The summed E-state index contributed by atoms with van der Waals surface area (Å²) < 4.78 is 97.9. The Bertz CT molecular complexity index is 8360. The SMILES string of the molecule is CC(C)(C)c1cc(C(C)(CC(=O)OCCOC(=O)CC(C)(c2ccc(Op3oc4ccc5ccccc5c4c4c(ccc5ccccc54)o3)c(C(C)(C)C)c2)c2ccc(Op3oc4ccc5ccccc5c4c4c(ccc5ccccc54)o3)c(C(C)(C)C)c2)c2ccc(Op3oc4ccc5ccccc5c4c4c(ccc5ccccc54)o3)c(C(C)(C)C)c2)ccc1Op1oc2ccc3ccccc3c2c2c(ccc3ccccc32)o1. The van der Waals surface area contributed by atoms with E-state index in [0.29, 0.717) is 67.7 Å². The molecule has 0 saturated carbocycles. The fourth-order valence-corrected chi connectivity index (χ4v) is 26.0. The summed E-state index contributed by atoms with van der Waals surface area (Å²) in [6.07, 6.45) is -0.351. The maximum Gasteiger partial charge on any atom is 0.453 e. The molecule has 4 aromatic heterocycles. The van der Waals surface area contributed by atoms with Gasteiger partial charge in [-0.25, -0.2) is 0 Å². The fourth-order valence-electron chi connectivity index (χ4n) is 21.8. The summed E-state index contributed by atoms with van der Waals surface area (Å²) in [6.45, 7) is 29.3.